The topological polar surface area (TPSA) is 9.86 Å². The second kappa shape index (κ2) is 7.51. The molecule has 186 valence electrons. The lowest BCUT2D eigenvalue weighted by atomic mass is 9.91. The highest BCUT2D eigenvalue weighted by Gasteiger charge is 2.27. The van der Waals surface area contributed by atoms with Gasteiger partial charge in [0, 0.05) is 43.7 Å². The van der Waals surface area contributed by atoms with Crippen LogP contribution in [0.1, 0.15) is 0 Å². The average Bonchev–Trinajstić information content (AvgIpc) is 3.63. The first-order valence-electron chi connectivity index (χ1n) is 13.5. The van der Waals surface area contributed by atoms with Gasteiger partial charge in [-0.1, -0.05) is 60.7 Å². The zero-order valence-corrected chi connectivity index (χ0v) is 22.9. The Bertz CT molecular complexity index is 2370. The summed E-state index contributed by atoms with van der Waals surface area (Å²) >= 11 is 3.86. The molecule has 0 atom stereocenters. The highest BCUT2D eigenvalue weighted by atomic mass is 32.1. The summed E-state index contributed by atoms with van der Waals surface area (Å²) in [5, 5.41) is 7.89. The first-order chi connectivity index (χ1) is 19.8. The lowest BCUT2D eigenvalue weighted by Gasteiger charge is -2.24. The van der Waals surface area contributed by atoms with E-state index < -0.39 is 0 Å². The number of hydrogen-bond acceptors (Lipinski definition) is 2. The maximum atomic E-state index is 2.40. The number of nitrogens with zero attached hydrogens (tertiary/aromatic N) is 2. The molecular weight excluding hydrogens is 525 g/mol. The van der Waals surface area contributed by atoms with Crippen molar-refractivity contribution in [2.24, 2.45) is 0 Å². The Morgan fingerprint density at radius 1 is 0.425 bits per heavy atom. The maximum absolute atomic E-state index is 2.40. The van der Waals surface area contributed by atoms with E-state index in [1.165, 1.54) is 84.7 Å². The Kier molecular flexibility index (Phi) is 3.98. The van der Waals surface area contributed by atoms with E-state index in [-0.39, 0.29) is 0 Å². The molecule has 2 aliphatic heterocycles. The molecule has 2 aromatic heterocycles. The van der Waals surface area contributed by atoms with Crippen molar-refractivity contribution in [3.63, 3.8) is 0 Å². The largest absolute Gasteiger partial charge is 0.315 e. The van der Waals surface area contributed by atoms with Crippen molar-refractivity contribution in [3.05, 3.63) is 122 Å². The molecule has 0 unspecified atom stereocenters. The van der Waals surface area contributed by atoms with E-state index in [9.17, 15) is 0 Å². The normalized spacial score (nSPS) is 12.5. The van der Waals surface area contributed by atoms with Crippen LogP contribution in [0.25, 0.3) is 84.7 Å². The van der Waals surface area contributed by atoms with Gasteiger partial charge in [0.1, 0.15) is 0 Å². The van der Waals surface area contributed by atoms with Crippen LogP contribution >= 0.6 is 22.7 Å². The molecule has 4 heterocycles. The maximum Gasteiger partial charge on any atom is 0.0640 e. The van der Waals surface area contributed by atoms with E-state index in [0.29, 0.717) is 0 Å². The second-order valence-electron chi connectivity index (χ2n) is 10.6. The average molecular weight is 545 g/mol. The van der Waals surface area contributed by atoms with Crippen LogP contribution < -0.4 is 0 Å². The highest BCUT2D eigenvalue weighted by Crippen LogP contribution is 2.54. The van der Waals surface area contributed by atoms with Gasteiger partial charge in [-0.05, 0) is 70.1 Å². The fourth-order valence-electron chi connectivity index (χ4n) is 6.80. The number of rotatable bonds is 2. The van der Waals surface area contributed by atoms with Crippen LogP contribution in [0.3, 0.4) is 0 Å². The summed E-state index contributed by atoms with van der Waals surface area (Å²) in [6.45, 7) is 0. The van der Waals surface area contributed by atoms with Gasteiger partial charge < -0.3 is 9.13 Å². The highest BCUT2D eigenvalue weighted by molar-refractivity contribution is 7.27. The van der Waals surface area contributed by atoms with Gasteiger partial charge in [0.05, 0.1) is 31.8 Å². The minimum atomic E-state index is 1.24. The van der Waals surface area contributed by atoms with Crippen LogP contribution in [0.5, 0.6) is 0 Å². The third-order valence-electron chi connectivity index (χ3n) is 8.51. The monoisotopic (exact) mass is 544 g/mol. The van der Waals surface area contributed by atoms with Gasteiger partial charge >= 0.3 is 0 Å². The molecule has 2 nitrogen and oxygen atoms in total. The van der Waals surface area contributed by atoms with Crippen molar-refractivity contribution in [1.82, 2.24) is 9.13 Å². The van der Waals surface area contributed by atoms with Crippen LogP contribution in [0.2, 0.25) is 0 Å². The summed E-state index contributed by atoms with van der Waals surface area (Å²) in [4.78, 5) is 0. The van der Waals surface area contributed by atoms with Crippen LogP contribution in [0, 0.1) is 0 Å². The van der Waals surface area contributed by atoms with Gasteiger partial charge in [-0.3, -0.25) is 0 Å². The number of para-hydroxylation sites is 2. The zero-order valence-electron chi connectivity index (χ0n) is 21.3. The molecule has 4 heteroatoms. The number of aromatic nitrogens is 2. The van der Waals surface area contributed by atoms with Crippen molar-refractivity contribution in [2.45, 2.75) is 0 Å². The molecule has 0 amide bonds. The number of fused-ring (bicyclic) bond motifs is 2. The van der Waals surface area contributed by atoms with Gasteiger partial charge in [0.2, 0.25) is 0 Å². The second-order valence-corrected chi connectivity index (χ2v) is 12.7. The minimum Gasteiger partial charge on any atom is -0.315 e. The predicted octanol–water partition coefficient (Wildman–Crippen LogP) is 10.9. The van der Waals surface area contributed by atoms with Crippen LogP contribution in [-0.2, 0) is 0 Å². The Morgan fingerprint density at radius 3 is 1.38 bits per heavy atom. The zero-order chi connectivity index (χ0) is 25.9. The molecule has 8 aromatic rings. The van der Waals surface area contributed by atoms with Crippen LogP contribution in [-0.4, -0.2) is 9.13 Å². The third kappa shape index (κ3) is 2.63. The number of hydrogen-bond donors (Lipinski definition) is 0. The van der Waals surface area contributed by atoms with E-state index in [1.807, 2.05) is 22.7 Å². The number of benzene rings is 6. The fraction of sp³-hybridized carbons (Fsp3) is 0. The van der Waals surface area contributed by atoms with Crippen molar-refractivity contribution in [1.29, 1.82) is 0 Å². The van der Waals surface area contributed by atoms with E-state index in [4.69, 9.17) is 0 Å². The van der Waals surface area contributed by atoms with Crippen molar-refractivity contribution >= 4 is 84.8 Å². The third-order valence-corrected chi connectivity index (χ3v) is 10.9. The van der Waals surface area contributed by atoms with Gasteiger partial charge in [0.25, 0.3) is 0 Å². The summed E-state index contributed by atoms with van der Waals surface area (Å²) < 4.78 is 10.1. The van der Waals surface area contributed by atoms with Crippen molar-refractivity contribution in [2.75, 3.05) is 0 Å². The van der Waals surface area contributed by atoms with Gasteiger partial charge in [-0.2, -0.15) is 0 Å². The van der Waals surface area contributed by atoms with Crippen LogP contribution in [0.4, 0.5) is 0 Å². The SMILES string of the molecule is c1ccc2c(c1)ccn2-c1cc2cccc3sc4c(-n5ccc6ccccc65)cc5cccc6sc1c(c23)-c4c56. The molecule has 6 aromatic carbocycles. The lowest BCUT2D eigenvalue weighted by Crippen LogP contribution is -2.01. The van der Waals surface area contributed by atoms with E-state index in [0.717, 1.165) is 0 Å². The summed E-state index contributed by atoms with van der Waals surface area (Å²) in [5.41, 5.74) is 7.77. The molecule has 0 saturated heterocycles. The summed E-state index contributed by atoms with van der Waals surface area (Å²) in [5.74, 6) is 0. The van der Waals surface area contributed by atoms with E-state index in [2.05, 4.69) is 131 Å². The summed E-state index contributed by atoms with van der Waals surface area (Å²) in [6, 6.07) is 40.2. The molecular formula is C36H20N2S2. The molecule has 40 heavy (non-hydrogen) atoms. The molecule has 10 rings (SSSR count). The van der Waals surface area contributed by atoms with E-state index >= 15 is 0 Å². The Labute approximate surface area is 237 Å². The van der Waals surface area contributed by atoms with Crippen LogP contribution in [0.15, 0.2) is 122 Å². The molecule has 2 aliphatic rings. The van der Waals surface area contributed by atoms with Gasteiger partial charge in [0.15, 0.2) is 0 Å². The van der Waals surface area contributed by atoms with Gasteiger partial charge in [-0.15, -0.1) is 22.7 Å². The van der Waals surface area contributed by atoms with Crippen molar-refractivity contribution < 1.29 is 0 Å². The van der Waals surface area contributed by atoms with E-state index in [1.54, 1.807) is 0 Å². The first-order valence-corrected chi connectivity index (χ1v) is 15.2. The molecule has 0 aliphatic carbocycles. The lowest BCUT2D eigenvalue weighted by molar-refractivity contribution is 1.15. The Morgan fingerprint density at radius 2 is 0.875 bits per heavy atom. The molecule has 0 spiro atoms. The Balaban J connectivity index is 1.45. The standard InChI is InChI=1S/C36H20N2S2/c1-3-11-25-21(7-1)15-17-37(25)27-19-23-9-5-14-30-31(23)33-34-32-24(10-6-13-29(32)39-35(27)33)20-28(36(34)40-30)38-18-16-22-8-2-4-12-26(22)38/h1-20H. The molecule has 0 saturated carbocycles. The summed E-state index contributed by atoms with van der Waals surface area (Å²) in [7, 11) is 0. The molecule has 0 N–H and O–H groups in total. The first kappa shape index (κ1) is 21.2. The minimum absolute atomic E-state index is 1.24. The van der Waals surface area contributed by atoms with Crippen molar-refractivity contribution in [3.8, 4) is 22.5 Å². The quantitative estimate of drug-likeness (QED) is 0.151. The fourth-order valence-corrected chi connectivity index (χ4v) is 9.31. The smallest absolute Gasteiger partial charge is 0.0640 e. The molecule has 0 fully saturated rings. The van der Waals surface area contributed by atoms with Gasteiger partial charge in [-0.25, -0.2) is 0 Å². The predicted molar refractivity (Wildman–Crippen MR) is 174 cm³/mol. The Hall–Kier alpha value is -4.64. The summed E-state index contributed by atoms with van der Waals surface area (Å²) in [6.07, 6.45) is 4.47. The molecule has 0 radical (unpaired) electrons. The molecule has 0 bridgehead atoms.